The molecule has 0 radical (unpaired) electrons. The van der Waals surface area contributed by atoms with Gasteiger partial charge in [0.1, 0.15) is 11.5 Å². The quantitative estimate of drug-likeness (QED) is 0.774. The number of rotatable bonds is 4. The van der Waals surface area contributed by atoms with Gasteiger partial charge in [-0.15, -0.1) is 0 Å². The van der Waals surface area contributed by atoms with E-state index in [1.807, 2.05) is 36.4 Å². The van der Waals surface area contributed by atoms with Crippen molar-refractivity contribution in [3.8, 4) is 11.5 Å². The molecule has 1 aromatic heterocycles. The van der Waals surface area contributed by atoms with Crippen LogP contribution in [0.15, 0.2) is 47.6 Å². The number of hydrogen-bond acceptors (Lipinski definition) is 4. The topological polar surface area (TPSA) is 43.7 Å². The van der Waals surface area contributed by atoms with Gasteiger partial charge in [0.05, 0.1) is 14.2 Å². The number of benzene rings is 1. The van der Waals surface area contributed by atoms with Crippen molar-refractivity contribution in [2.45, 2.75) is 0 Å². The molecular weight excluding hydrogens is 228 g/mol. The summed E-state index contributed by atoms with van der Waals surface area (Å²) in [7, 11) is 3.25. The Bertz CT molecular complexity index is 539. The fraction of sp³-hybridized carbons (Fsp3) is 0.143. The second kappa shape index (κ2) is 5.82. The van der Waals surface area contributed by atoms with E-state index < -0.39 is 0 Å². The SMILES string of the molecule is COc1ccc(OC)c(C=Nc2ccccn2)c1. The third-order valence-electron chi connectivity index (χ3n) is 2.42. The van der Waals surface area contributed by atoms with Crippen LogP contribution in [0.2, 0.25) is 0 Å². The highest BCUT2D eigenvalue weighted by Gasteiger charge is 2.02. The molecule has 18 heavy (non-hydrogen) atoms. The van der Waals surface area contributed by atoms with Gasteiger partial charge < -0.3 is 9.47 Å². The Balaban J connectivity index is 2.30. The van der Waals surface area contributed by atoms with Crippen LogP contribution >= 0.6 is 0 Å². The number of ether oxygens (including phenoxy) is 2. The minimum absolute atomic E-state index is 0.655. The molecule has 0 saturated carbocycles. The molecule has 1 heterocycles. The highest BCUT2D eigenvalue weighted by Crippen LogP contribution is 2.22. The van der Waals surface area contributed by atoms with Crippen molar-refractivity contribution in [1.29, 1.82) is 0 Å². The molecule has 0 spiro atoms. The highest BCUT2D eigenvalue weighted by molar-refractivity contribution is 5.85. The van der Waals surface area contributed by atoms with Gasteiger partial charge in [0.2, 0.25) is 0 Å². The number of aromatic nitrogens is 1. The molecule has 0 fully saturated rings. The normalized spacial score (nSPS) is 10.6. The molecule has 4 nitrogen and oxygen atoms in total. The molecule has 1 aromatic carbocycles. The Morgan fingerprint density at radius 3 is 2.67 bits per heavy atom. The summed E-state index contributed by atoms with van der Waals surface area (Å²) in [6.45, 7) is 0. The fourth-order valence-electron chi connectivity index (χ4n) is 1.51. The van der Waals surface area contributed by atoms with E-state index in [0.29, 0.717) is 5.82 Å². The Hall–Kier alpha value is -2.36. The third-order valence-corrected chi connectivity index (χ3v) is 2.42. The van der Waals surface area contributed by atoms with Crippen LogP contribution in [0.1, 0.15) is 5.56 Å². The van der Waals surface area contributed by atoms with Crippen molar-refractivity contribution in [1.82, 2.24) is 4.98 Å². The van der Waals surface area contributed by atoms with Gasteiger partial charge in [-0.25, -0.2) is 9.98 Å². The van der Waals surface area contributed by atoms with Crippen LogP contribution < -0.4 is 9.47 Å². The smallest absolute Gasteiger partial charge is 0.151 e. The van der Waals surface area contributed by atoms with Crippen molar-refractivity contribution in [2.24, 2.45) is 4.99 Å². The van der Waals surface area contributed by atoms with E-state index >= 15 is 0 Å². The van der Waals surface area contributed by atoms with Crippen molar-refractivity contribution < 1.29 is 9.47 Å². The van der Waals surface area contributed by atoms with Gasteiger partial charge in [0.25, 0.3) is 0 Å². The lowest BCUT2D eigenvalue weighted by atomic mass is 10.2. The summed E-state index contributed by atoms with van der Waals surface area (Å²) in [4.78, 5) is 8.41. The van der Waals surface area contributed by atoms with Crippen LogP contribution in [0, 0.1) is 0 Å². The highest BCUT2D eigenvalue weighted by atomic mass is 16.5. The summed E-state index contributed by atoms with van der Waals surface area (Å²) in [5.74, 6) is 2.16. The number of aliphatic imine (C=N–C) groups is 1. The first-order chi connectivity index (χ1) is 8.83. The zero-order valence-electron chi connectivity index (χ0n) is 10.3. The first-order valence-electron chi connectivity index (χ1n) is 5.50. The molecule has 92 valence electrons. The van der Waals surface area contributed by atoms with Crippen LogP contribution in [0.25, 0.3) is 0 Å². The summed E-state index contributed by atoms with van der Waals surface area (Å²) in [5.41, 5.74) is 0.850. The summed E-state index contributed by atoms with van der Waals surface area (Å²) in [6, 6.07) is 11.1. The van der Waals surface area contributed by atoms with E-state index in [4.69, 9.17) is 9.47 Å². The maximum Gasteiger partial charge on any atom is 0.151 e. The van der Waals surface area contributed by atoms with Gasteiger partial charge in [0.15, 0.2) is 5.82 Å². The average Bonchev–Trinajstić information content (AvgIpc) is 2.45. The zero-order chi connectivity index (χ0) is 12.8. The predicted octanol–water partition coefficient (Wildman–Crippen LogP) is 2.85. The van der Waals surface area contributed by atoms with Gasteiger partial charge in [-0.1, -0.05) is 6.07 Å². The lowest BCUT2D eigenvalue weighted by molar-refractivity contribution is 0.402. The van der Waals surface area contributed by atoms with Gasteiger partial charge in [-0.05, 0) is 30.3 Å². The number of nitrogens with zero attached hydrogens (tertiary/aromatic N) is 2. The van der Waals surface area contributed by atoms with Crippen LogP contribution in [0.3, 0.4) is 0 Å². The molecule has 2 rings (SSSR count). The second-order valence-electron chi connectivity index (χ2n) is 3.55. The zero-order valence-corrected chi connectivity index (χ0v) is 10.3. The standard InChI is InChI=1S/C14H14N2O2/c1-17-12-6-7-13(18-2)11(9-12)10-16-14-5-3-4-8-15-14/h3-10H,1-2H3. The molecule has 0 saturated heterocycles. The van der Waals surface area contributed by atoms with Gasteiger partial charge >= 0.3 is 0 Å². The molecule has 0 bridgehead atoms. The molecule has 0 unspecified atom stereocenters. The Labute approximate surface area is 106 Å². The van der Waals surface area contributed by atoms with Gasteiger partial charge in [0, 0.05) is 18.0 Å². The predicted molar refractivity (Wildman–Crippen MR) is 71.0 cm³/mol. The molecule has 0 aliphatic rings. The lowest BCUT2D eigenvalue weighted by Crippen LogP contribution is -1.92. The molecule has 0 aliphatic carbocycles. The minimum Gasteiger partial charge on any atom is -0.497 e. The largest absolute Gasteiger partial charge is 0.497 e. The van der Waals surface area contributed by atoms with Crippen LogP contribution in [-0.4, -0.2) is 25.4 Å². The second-order valence-corrected chi connectivity index (χ2v) is 3.55. The molecule has 2 aromatic rings. The monoisotopic (exact) mass is 242 g/mol. The maximum atomic E-state index is 5.27. The van der Waals surface area contributed by atoms with E-state index in [1.165, 1.54) is 0 Å². The average molecular weight is 242 g/mol. The van der Waals surface area contributed by atoms with E-state index in [9.17, 15) is 0 Å². The van der Waals surface area contributed by atoms with Crippen molar-refractivity contribution in [3.63, 3.8) is 0 Å². The van der Waals surface area contributed by atoms with E-state index in [2.05, 4.69) is 9.98 Å². The first kappa shape index (κ1) is 12.1. The molecule has 0 aliphatic heterocycles. The molecule has 0 amide bonds. The van der Waals surface area contributed by atoms with Crippen molar-refractivity contribution >= 4 is 12.0 Å². The number of methoxy groups -OCH3 is 2. The number of pyridine rings is 1. The first-order valence-corrected chi connectivity index (χ1v) is 5.50. The maximum absolute atomic E-state index is 5.27. The van der Waals surface area contributed by atoms with E-state index in [-0.39, 0.29) is 0 Å². The van der Waals surface area contributed by atoms with Crippen LogP contribution in [0.4, 0.5) is 5.82 Å². The fourth-order valence-corrected chi connectivity index (χ4v) is 1.51. The van der Waals surface area contributed by atoms with Crippen molar-refractivity contribution in [2.75, 3.05) is 14.2 Å². The lowest BCUT2D eigenvalue weighted by Gasteiger charge is -2.06. The summed E-state index contributed by atoms with van der Waals surface area (Å²) < 4.78 is 10.4. The number of hydrogen-bond donors (Lipinski definition) is 0. The van der Waals surface area contributed by atoms with E-state index in [0.717, 1.165) is 17.1 Å². The Morgan fingerprint density at radius 2 is 2.00 bits per heavy atom. The van der Waals surface area contributed by atoms with Crippen LogP contribution in [0.5, 0.6) is 11.5 Å². The molecule has 0 N–H and O–H groups in total. The van der Waals surface area contributed by atoms with Gasteiger partial charge in [-0.3, -0.25) is 0 Å². The van der Waals surface area contributed by atoms with Gasteiger partial charge in [-0.2, -0.15) is 0 Å². The third kappa shape index (κ3) is 2.85. The molecular formula is C14H14N2O2. The van der Waals surface area contributed by atoms with Crippen molar-refractivity contribution in [3.05, 3.63) is 48.2 Å². The summed E-state index contributed by atoms with van der Waals surface area (Å²) >= 11 is 0. The summed E-state index contributed by atoms with van der Waals surface area (Å²) in [5, 5.41) is 0. The molecule has 4 heteroatoms. The Kier molecular flexibility index (Phi) is 3.91. The van der Waals surface area contributed by atoms with E-state index in [1.54, 1.807) is 26.6 Å². The summed E-state index contributed by atoms with van der Waals surface area (Å²) in [6.07, 6.45) is 3.42. The van der Waals surface area contributed by atoms with Crippen LogP contribution in [-0.2, 0) is 0 Å². The Morgan fingerprint density at radius 1 is 1.11 bits per heavy atom. The molecule has 0 atom stereocenters. The minimum atomic E-state index is 0.655.